The van der Waals surface area contributed by atoms with Gasteiger partial charge in [0.1, 0.15) is 5.82 Å². The van der Waals surface area contributed by atoms with E-state index in [1.54, 1.807) is 0 Å². The quantitative estimate of drug-likeness (QED) is 0.406. The Kier molecular flexibility index (Phi) is 5.93. The molecule has 2 amide bonds. The van der Waals surface area contributed by atoms with E-state index in [0.717, 1.165) is 30.5 Å². The molecule has 0 aliphatic heterocycles. The second-order valence-electron chi connectivity index (χ2n) is 4.99. The molecule has 10 heteroatoms. The van der Waals surface area contributed by atoms with Crippen LogP contribution in [-0.4, -0.2) is 34.6 Å². The number of carbonyl (C=O) groups excluding carboxylic acids is 2. The maximum atomic E-state index is 12.8. The topological polar surface area (TPSA) is 134 Å². The molecule has 0 atom stereocenters. The van der Waals surface area contributed by atoms with Crippen LogP contribution in [0.2, 0.25) is 0 Å². The summed E-state index contributed by atoms with van der Waals surface area (Å²) in [4.78, 5) is 33.3. The SMILES string of the molecule is O=C(CNC(=O)c1ccc(F)cc1)N/N=C/c1ccc(O)c([N+](=O)[O-])c1. The molecule has 2 aromatic carbocycles. The van der Waals surface area contributed by atoms with E-state index in [0.29, 0.717) is 0 Å². The smallest absolute Gasteiger partial charge is 0.311 e. The number of nitro benzene ring substituents is 1. The molecule has 0 saturated heterocycles. The van der Waals surface area contributed by atoms with Gasteiger partial charge in [0, 0.05) is 17.2 Å². The number of hydrogen-bond acceptors (Lipinski definition) is 6. The van der Waals surface area contributed by atoms with Gasteiger partial charge in [0.05, 0.1) is 17.7 Å². The number of nitro groups is 1. The van der Waals surface area contributed by atoms with Crippen molar-refractivity contribution in [2.24, 2.45) is 5.10 Å². The fourth-order valence-electron chi connectivity index (χ4n) is 1.85. The number of halogens is 1. The van der Waals surface area contributed by atoms with Gasteiger partial charge in [0.25, 0.3) is 11.8 Å². The number of hydrazone groups is 1. The maximum absolute atomic E-state index is 12.8. The molecule has 0 radical (unpaired) electrons. The molecule has 2 aromatic rings. The first kappa shape index (κ1) is 18.5. The van der Waals surface area contributed by atoms with Crippen molar-refractivity contribution in [1.29, 1.82) is 0 Å². The lowest BCUT2D eigenvalue weighted by Crippen LogP contribution is -2.34. The molecule has 134 valence electrons. The third kappa shape index (κ3) is 5.09. The van der Waals surface area contributed by atoms with Crippen LogP contribution in [-0.2, 0) is 4.79 Å². The van der Waals surface area contributed by atoms with Crippen LogP contribution in [0.1, 0.15) is 15.9 Å². The fourth-order valence-corrected chi connectivity index (χ4v) is 1.85. The molecular weight excluding hydrogens is 347 g/mol. The minimum absolute atomic E-state index is 0.194. The Morgan fingerprint density at radius 3 is 2.58 bits per heavy atom. The average Bonchev–Trinajstić information content (AvgIpc) is 2.61. The van der Waals surface area contributed by atoms with Crippen molar-refractivity contribution in [3.8, 4) is 5.75 Å². The van der Waals surface area contributed by atoms with Gasteiger partial charge in [-0.25, -0.2) is 9.82 Å². The zero-order valence-electron chi connectivity index (χ0n) is 13.2. The normalized spacial score (nSPS) is 10.5. The molecule has 0 aliphatic carbocycles. The molecule has 0 heterocycles. The molecule has 3 N–H and O–H groups in total. The molecule has 0 unspecified atom stereocenters. The van der Waals surface area contributed by atoms with Crippen molar-refractivity contribution in [1.82, 2.24) is 10.7 Å². The van der Waals surface area contributed by atoms with Gasteiger partial charge in [-0.3, -0.25) is 19.7 Å². The first-order valence-corrected chi connectivity index (χ1v) is 7.20. The molecule has 26 heavy (non-hydrogen) atoms. The van der Waals surface area contributed by atoms with E-state index < -0.39 is 34.0 Å². The van der Waals surface area contributed by atoms with Gasteiger partial charge in [-0.1, -0.05) is 0 Å². The highest BCUT2D eigenvalue weighted by atomic mass is 19.1. The minimum atomic E-state index is -0.754. The van der Waals surface area contributed by atoms with Gasteiger partial charge in [0.15, 0.2) is 5.75 Å². The second kappa shape index (κ2) is 8.33. The van der Waals surface area contributed by atoms with Crippen LogP contribution >= 0.6 is 0 Å². The first-order chi connectivity index (χ1) is 12.4. The molecule has 0 aromatic heterocycles. The molecule has 9 nitrogen and oxygen atoms in total. The lowest BCUT2D eigenvalue weighted by molar-refractivity contribution is -0.385. The van der Waals surface area contributed by atoms with Crippen LogP contribution in [0.25, 0.3) is 0 Å². The van der Waals surface area contributed by atoms with E-state index in [4.69, 9.17) is 0 Å². The number of phenolic OH excluding ortho intramolecular Hbond substituents is 1. The predicted octanol–water partition coefficient (Wildman–Crippen LogP) is 1.32. The monoisotopic (exact) mass is 360 g/mol. The summed E-state index contributed by atoms with van der Waals surface area (Å²) in [6, 6.07) is 8.38. The Hall–Kier alpha value is -3.82. The van der Waals surface area contributed by atoms with Crippen molar-refractivity contribution >= 4 is 23.7 Å². The van der Waals surface area contributed by atoms with Gasteiger partial charge < -0.3 is 10.4 Å². The number of rotatable bonds is 6. The highest BCUT2D eigenvalue weighted by Crippen LogP contribution is 2.25. The van der Waals surface area contributed by atoms with Gasteiger partial charge >= 0.3 is 5.69 Å². The van der Waals surface area contributed by atoms with Crippen molar-refractivity contribution in [3.05, 3.63) is 69.5 Å². The van der Waals surface area contributed by atoms with Crippen LogP contribution in [0.5, 0.6) is 5.75 Å². The van der Waals surface area contributed by atoms with Crippen LogP contribution < -0.4 is 10.7 Å². The van der Waals surface area contributed by atoms with Crippen LogP contribution in [0.3, 0.4) is 0 Å². The van der Waals surface area contributed by atoms with Crippen LogP contribution in [0.15, 0.2) is 47.6 Å². The summed E-state index contributed by atoms with van der Waals surface area (Å²) in [5.74, 6) is -2.16. The predicted molar refractivity (Wildman–Crippen MR) is 89.2 cm³/mol. The largest absolute Gasteiger partial charge is 0.502 e. The summed E-state index contributed by atoms with van der Waals surface area (Å²) >= 11 is 0. The van der Waals surface area contributed by atoms with Gasteiger partial charge in [0.2, 0.25) is 0 Å². The number of nitrogens with one attached hydrogen (secondary N) is 2. The zero-order valence-corrected chi connectivity index (χ0v) is 13.2. The lowest BCUT2D eigenvalue weighted by Gasteiger charge is -2.04. The maximum Gasteiger partial charge on any atom is 0.311 e. The standard InChI is InChI=1S/C16H13FN4O5/c17-12-4-2-11(3-5-12)16(24)18-9-15(23)20-19-8-10-1-6-14(22)13(7-10)21(25)26/h1-8,22H,9H2,(H,18,24)(H,20,23)/b19-8+. The Labute approximate surface area is 146 Å². The average molecular weight is 360 g/mol. The van der Waals surface area contributed by atoms with E-state index in [-0.39, 0.29) is 17.7 Å². The lowest BCUT2D eigenvalue weighted by atomic mass is 10.2. The molecule has 0 bridgehead atoms. The summed E-state index contributed by atoms with van der Waals surface area (Å²) in [7, 11) is 0. The second-order valence-corrected chi connectivity index (χ2v) is 4.99. The highest BCUT2D eigenvalue weighted by Gasteiger charge is 2.13. The Morgan fingerprint density at radius 1 is 1.23 bits per heavy atom. The summed E-state index contributed by atoms with van der Waals surface area (Å²) in [5.41, 5.74) is 2.12. The summed E-state index contributed by atoms with van der Waals surface area (Å²) in [6.07, 6.45) is 1.14. The molecule has 0 fully saturated rings. The van der Waals surface area contributed by atoms with E-state index in [1.165, 1.54) is 18.2 Å². The Morgan fingerprint density at radius 2 is 1.92 bits per heavy atom. The van der Waals surface area contributed by atoms with Crippen LogP contribution in [0.4, 0.5) is 10.1 Å². The third-order valence-corrected chi connectivity index (χ3v) is 3.11. The number of amides is 2. The zero-order chi connectivity index (χ0) is 19.1. The molecule has 0 spiro atoms. The number of hydrogen-bond donors (Lipinski definition) is 3. The molecule has 0 aliphatic rings. The van der Waals surface area contributed by atoms with Crippen molar-refractivity contribution in [3.63, 3.8) is 0 Å². The summed E-state index contributed by atoms with van der Waals surface area (Å²) < 4.78 is 12.8. The van der Waals surface area contributed by atoms with Gasteiger partial charge in [-0.15, -0.1) is 0 Å². The minimum Gasteiger partial charge on any atom is -0.502 e. The van der Waals surface area contributed by atoms with Crippen molar-refractivity contribution < 1.29 is 24.0 Å². The number of carbonyl (C=O) groups is 2. The summed E-state index contributed by atoms with van der Waals surface area (Å²) in [5, 5.41) is 26.0. The Balaban J connectivity index is 1.85. The van der Waals surface area contributed by atoms with E-state index in [2.05, 4.69) is 15.8 Å². The van der Waals surface area contributed by atoms with Crippen molar-refractivity contribution in [2.75, 3.05) is 6.54 Å². The first-order valence-electron chi connectivity index (χ1n) is 7.20. The van der Waals surface area contributed by atoms with Gasteiger partial charge in [-0.05, 0) is 36.4 Å². The van der Waals surface area contributed by atoms with E-state index in [9.17, 15) is 29.2 Å². The third-order valence-electron chi connectivity index (χ3n) is 3.11. The highest BCUT2D eigenvalue weighted by molar-refractivity contribution is 5.96. The molecule has 2 rings (SSSR count). The van der Waals surface area contributed by atoms with Crippen molar-refractivity contribution in [2.45, 2.75) is 0 Å². The van der Waals surface area contributed by atoms with E-state index in [1.807, 2.05) is 0 Å². The number of nitrogens with zero attached hydrogens (tertiary/aromatic N) is 2. The number of benzene rings is 2. The van der Waals surface area contributed by atoms with Gasteiger partial charge in [-0.2, -0.15) is 5.10 Å². The fraction of sp³-hybridized carbons (Fsp3) is 0.0625. The summed E-state index contributed by atoms with van der Waals surface area (Å²) in [6.45, 7) is -0.372. The number of aromatic hydroxyl groups is 1. The molecular formula is C16H13FN4O5. The Bertz CT molecular complexity index is 867. The number of phenols is 1. The van der Waals surface area contributed by atoms with Crippen LogP contribution in [0, 0.1) is 15.9 Å². The van der Waals surface area contributed by atoms with E-state index >= 15 is 0 Å². The molecule has 0 saturated carbocycles.